The third kappa shape index (κ3) is 2.47. The van der Waals surface area contributed by atoms with Gasteiger partial charge >= 0.3 is 0 Å². The highest BCUT2D eigenvalue weighted by Gasteiger charge is 2.11. The summed E-state index contributed by atoms with van der Waals surface area (Å²) in [4.78, 5) is 8.75. The van der Waals surface area contributed by atoms with Crippen LogP contribution >= 0.6 is 34.2 Å². The Hall–Kier alpha value is -1.14. The molecule has 5 heteroatoms. The van der Waals surface area contributed by atoms with Gasteiger partial charge in [-0.05, 0) is 46.9 Å². The highest BCUT2D eigenvalue weighted by atomic mass is 127. The van der Waals surface area contributed by atoms with Crippen LogP contribution in [-0.4, -0.2) is 20.4 Å². The molecule has 0 aliphatic heterocycles. The van der Waals surface area contributed by atoms with Crippen LogP contribution in [0.1, 0.15) is 5.82 Å². The minimum atomic E-state index is 0.556. The minimum absolute atomic E-state index is 0.556. The smallest absolute Gasteiger partial charge is 0.115 e. The molecule has 0 aliphatic rings. The van der Waals surface area contributed by atoms with Gasteiger partial charge in [-0.15, -0.1) is 11.6 Å². The molecule has 3 aromatic rings. The third-order valence-electron chi connectivity index (χ3n) is 2.91. The molecule has 0 spiro atoms. The van der Waals surface area contributed by atoms with Crippen LogP contribution in [0.2, 0.25) is 0 Å². The first-order chi connectivity index (χ1) is 9.29. The van der Waals surface area contributed by atoms with Crippen LogP contribution in [0.25, 0.3) is 16.7 Å². The van der Waals surface area contributed by atoms with Crippen molar-refractivity contribution < 1.29 is 0 Å². The van der Waals surface area contributed by atoms with Crippen LogP contribution < -0.4 is 0 Å². The molecule has 0 radical (unpaired) electrons. The maximum absolute atomic E-state index is 5.88. The summed E-state index contributed by atoms with van der Waals surface area (Å²) < 4.78 is 3.35. The molecule has 3 rings (SSSR count). The molecule has 19 heavy (non-hydrogen) atoms. The highest BCUT2D eigenvalue weighted by Crippen LogP contribution is 2.22. The minimum Gasteiger partial charge on any atom is -0.296 e. The Bertz CT molecular complexity index is 724. The van der Waals surface area contributed by atoms with Gasteiger partial charge < -0.3 is 0 Å². The monoisotopic (exact) mass is 383 g/mol. The molecule has 0 saturated carbocycles. The molecule has 0 atom stereocenters. The normalized spacial score (nSPS) is 11.1. The molecule has 2 heterocycles. The third-order valence-corrected chi connectivity index (χ3v) is 3.77. The molecule has 0 N–H and O–H groups in total. The number of alkyl halides is 1. The number of halogens is 2. The lowest BCUT2D eigenvalue weighted by atomic mass is 10.3. The maximum atomic E-state index is 5.88. The van der Waals surface area contributed by atoms with E-state index in [-0.39, 0.29) is 0 Å². The summed E-state index contributed by atoms with van der Waals surface area (Å²) >= 11 is 8.20. The fraction of sp³-hybridized carbons (Fsp3) is 0.143. The van der Waals surface area contributed by atoms with Crippen molar-refractivity contribution >= 4 is 45.2 Å². The second kappa shape index (κ2) is 5.46. The number of imidazole rings is 1. The van der Waals surface area contributed by atoms with Gasteiger partial charge in [0.1, 0.15) is 11.3 Å². The van der Waals surface area contributed by atoms with Gasteiger partial charge in [0.25, 0.3) is 0 Å². The van der Waals surface area contributed by atoms with Crippen molar-refractivity contribution in [2.45, 2.75) is 6.42 Å². The number of nitrogens with zero attached hydrogens (tertiary/aromatic N) is 3. The first kappa shape index (κ1) is 12.9. The van der Waals surface area contributed by atoms with E-state index in [1.165, 1.54) is 3.57 Å². The Morgan fingerprint density at radius 1 is 1.26 bits per heavy atom. The first-order valence-electron chi connectivity index (χ1n) is 5.93. The number of aryl methyl sites for hydroxylation is 1. The summed E-state index contributed by atoms with van der Waals surface area (Å²) in [5, 5.41) is 0. The van der Waals surface area contributed by atoms with Crippen molar-refractivity contribution in [3.05, 3.63) is 52.1 Å². The second-order valence-corrected chi connectivity index (χ2v) is 5.77. The summed E-state index contributed by atoms with van der Waals surface area (Å²) in [5.74, 6) is 1.53. The predicted molar refractivity (Wildman–Crippen MR) is 86.0 cm³/mol. The van der Waals surface area contributed by atoms with Crippen LogP contribution in [0.3, 0.4) is 0 Å². The quantitative estimate of drug-likeness (QED) is 0.509. The standard InChI is InChI=1S/C14H11ClIN3/c15-6-4-14-18-12-9-17-7-5-13(12)19(14)11-3-1-2-10(16)8-11/h1-3,5,7-9H,4,6H2. The Labute approximate surface area is 129 Å². The Morgan fingerprint density at radius 2 is 2.16 bits per heavy atom. The van der Waals surface area contributed by atoms with E-state index in [4.69, 9.17) is 11.6 Å². The van der Waals surface area contributed by atoms with E-state index >= 15 is 0 Å². The highest BCUT2D eigenvalue weighted by molar-refractivity contribution is 14.1. The van der Waals surface area contributed by atoms with E-state index in [1.807, 2.05) is 6.07 Å². The zero-order chi connectivity index (χ0) is 13.2. The second-order valence-electron chi connectivity index (χ2n) is 4.15. The number of rotatable bonds is 3. The molecule has 1 aromatic carbocycles. The van der Waals surface area contributed by atoms with E-state index in [1.54, 1.807) is 12.4 Å². The summed E-state index contributed by atoms with van der Waals surface area (Å²) in [6.07, 6.45) is 4.32. The average Bonchev–Trinajstić information content (AvgIpc) is 2.77. The van der Waals surface area contributed by atoms with Gasteiger partial charge in [0.15, 0.2) is 0 Å². The summed E-state index contributed by atoms with van der Waals surface area (Å²) in [5.41, 5.74) is 3.08. The summed E-state index contributed by atoms with van der Waals surface area (Å²) in [7, 11) is 0. The van der Waals surface area contributed by atoms with Crippen molar-refractivity contribution in [3.8, 4) is 5.69 Å². The summed E-state index contributed by atoms with van der Waals surface area (Å²) in [6.45, 7) is 0. The molecule has 2 aromatic heterocycles. The van der Waals surface area contributed by atoms with E-state index in [9.17, 15) is 0 Å². The number of pyridine rings is 1. The average molecular weight is 384 g/mol. The van der Waals surface area contributed by atoms with E-state index in [2.05, 4.69) is 61.4 Å². The number of hydrogen-bond donors (Lipinski definition) is 0. The van der Waals surface area contributed by atoms with Crippen LogP contribution in [0.5, 0.6) is 0 Å². The molecule has 0 unspecified atom stereocenters. The first-order valence-corrected chi connectivity index (χ1v) is 7.54. The van der Waals surface area contributed by atoms with Crippen LogP contribution in [0.15, 0.2) is 42.7 Å². The molecule has 0 bridgehead atoms. The van der Waals surface area contributed by atoms with Crippen LogP contribution in [-0.2, 0) is 6.42 Å². The van der Waals surface area contributed by atoms with Gasteiger partial charge in [0, 0.05) is 27.8 Å². The molecule has 3 nitrogen and oxygen atoms in total. The lowest BCUT2D eigenvalue weighted by Gasteiger charge is -2.08. The Kier molecular flexibility index (Phi) is 3.70. The van der Waals surface area contributed by atoms with E-state index in [0.717, 1.165) is 29.0 Å². The molecule has 96 valence electrons. The SMILES string of the molecule is ClCCc1nc2cnccc2n1-c1cccc(I)c1. The zero-order valence-corrected chi connectivity index (χ0v) is 13.0. The van der Waals surface area contributed by atoms with Gasteiger partial charge in [-0.2, -0.15) is 0 Å². The molecular formula is C14H11ClIN3. The summed E-state index contributed by atoms with van der Waals surface area (Å²) in [6, 6.07) is 10.3. The van der Waals surface area contributed by atoms with Crippen molar-refractivity contribution in [2.75, 3.05) is 5.88 Å². The fourth-order valence-electron chi connectivity index (χ4n) is 2.14. The lowest BCUT2D eigenvalue weighted by molar-refractivity contribution is 0.912. The number of aromatic nitrogens is 3. The molecule has 0 aliphatic carbocycles. The molecule has 0 fully saturated rings. The van der Waals surface area contributed by atoms with Crippen molar-refractivity contribution in [2.24, 2.45) is 0 Å². The molecular weight excluding hydrogens is 373 g/mol. The maximum Gasteiger partial charge on any atom is 0.115 e. The van der Waals surface area contributed by atoms with Crippen molar-refractivity contribution in [1.29, 1.82) is 0 Å². The van der Waals surface area contributed by atoms with Gasteiger partial charge in [0.2, 0.25) is 0 Å². The topological polar surface area (TPSA) is 30.7 Å². The van der Waals surface area contributed by atoms with Crippen molar-refractivity contribution in [3.63, 3.8) is 0 Å². The predicted octanol–water partition coefficient (Wildman–Crippen LogP) is 3.81. The van der Waals surface area contributed by atoms with Gasteiger partial charge in [-0.3, -0.25) is 9.55 Å². The number of benzene rings is 1. The van der Waals surface area contributed by atoms with E-state index in [0.29, 0.717) is 5.88 Å². The van der Waals surface area contributed by atoms with Gasteiger partial charge in [-0.25, -0.2) is 4.98 Å². The van der Waals surface area contributed by atoms with Crippen LogP contribution in [0, 0.1) is 3.57 Å². The number of hydrogen-bond acceptors (Lipinski definition) is 2. The molecule has 0 saturated heterocycles. The lowest BCUT2D eigenvalue weighted by Crippen LogP contribution is -2.02. The van der Waals surface area contributed by atoms with E-state index < -0.39 is 0 Å². The molecule has 0 amide bonds. The number of fused-ring (bicyclic) bond motifs is 1. The Morgan fingerprint density at radius 3 is 2.95 bits per heavy atom. The zero-order valence-electron chi connectivity index (χ0n) is 10.1. The largest absolute Gasteiger partial charge is 0.296 e. The fourth-order valence-corrected chi connectivity index (χ4v) is 2.83. The van der Waals surface area contributed by atoms with Gasteiger partial charge in [-0.1, -0.05) is 6.07 Å². The Balaban J connectivity index is 2.28. The van der Waals surface area contributed by atoms with Crippen molar-refractivity contribution in [1.82, 2.24) is 14.5 Å². The van der Waals surface area contributed by atoms with Gasteiger partial charge in [0.05, 0.1) is 11.7 Å². The van der Waals surface area contributed by atoms with Crippen LogP contribution in [0.4, 0.5) is 0 Å².